The monoisotopic (exact) mass is 632 g/mol. The average molecular weight is 633 g/mol. The van der Waals surface area contributed by atoms with Gasteiger partial charge in [0.1, 0.15) is 5.75 Å². The normalized spacial score (nSPS) is 17.2. The van der Waals surface area contributed by atoms with Crippen LogP contribution in [0.25, 0.3) is 22.3 Å². The van der Waals surface area contributed by atoms with E-state index in [9.17, 15) is 26.7 Å². The molecule has 1 fully saturated rings. The van der Waals surface area contributed by atoms with Crippen LogP contribution in [-0.4, -0.2) is 37.4 Å². The lowest BCUT2D eigenvalue weighted by Gasteiger charge is -2.32. The third-order valence-corrected chi connectivity index (χ3v) is 9.23. The van der Waals surface area contributed by atoms with Crippen molar-refractivity contribution in [2.45, 2.75) is 96.8 Å². The van der Waals surface area contributed by atoms with Crippen molar-refractivity contribution in [1.29, 1.82) is 0 Å². The first-order chi connectivity index (χ1) is 19.8. The summed E-state index contributed by atoms with van der Waals surface area (Å²) in [5.41, 5.74) is -3.38. The second kappa shape index (κ2) is 10.8. The van der Waals surface area contributed by atoms with E-state index >= 15 is 0 Å². The Bertz CT molecular complexity index is 1610. The van der Waals surface area contributed by atoms with Gasteiger partial charge < -0.3 is 18.6 Å². The molecule has 3 aromatic carbocycles. The van der Waals surface area contributed by atoms with E-state index in [1.54, 1.807) is 24.3 Å². The molecule has 0 atom stereocenters. The molecule has 6 nitrogen and oxygen atoms in total. The standard InChI is InChI=1S/C33H40BF3O6S/c1-29(2,3)25-17-22(18-26(28(25)38)30(4,5)6)20-11-13-21(14-12-20)24-19-23(34-42-31(7,8)32(9,10)43-34)15-16-27(24)41-44(39,40)33(35,36)37/h11-19,38H,1-10H3. The van der Waals surface area contributed by atoms with Gasteiger partial charge in [0, 0.05) is 16.7 Å². The molecule has 0 radical (unpaired) electrons. The fourth-order valence-corrected chi connectivity index (χ4v) is 5.40. The third-order valence-electron chi connectivity index (χ3n) is 8.27. The zero-order chi connectivity index (χ0) is 33.3. The summed E-state index contributed by atoms with van der Waals surface area (Å²) in [4.78, 5) is 0. The van der Waals surface area contributed by atoms with Gasteiger partial charge in [-0.25, -0.2) is 0 Å². The topological polar surface area (TPSA) is 82.1 Å². The van der Waals surface area contributed by atoms with E-state index < -0.39 is 39.7 Å². The maximum Gasteiger partial charge on any atom is 0.534 e. The summed E-state index contributed by atoms with van der Waals surface area (Å²) in [5, 5.41) is 11.1. The SMILES string of the molecule is CC(C)(C)c1cc(-c2ccc(-c3cc(B4OC(C)(C)C(C)(C)O4)ccc3OS(=O)(=O)C(F)(F)F)cc2)cc(C(C)(C)C)c1O. The molecule has 0 aromatic heterocycles. The van der Waals surface area contributed by atoms with Gasteiger partial charge in [-0.1, -0.05) is 77.9 Å². The van der Waals surface area contributed by atoms with Crippen LogP contribution in [0.3, 0.4) is 0 Å². The first kappa shape index (κ1) is 33.9. The molecule has 0 aliphatic carbocycles. The van der Waals surface area contributed by atoms with Crippen LogP contribution < -0.4 is 9.65 Å². The van der Waals surface area contributed by atoms with Gasteiger partial charge in [-0.05, 0) is 78.9 Å². The maximum atomic E-state index is 13.3. The summed E-state index contributed by atoms with van der Waals surface area (Å²) < 4.78 is 80.7. The van der Waals surface area contributed by atoms with Crippen LogP contribution in [0.1, 0.15) is 80.4 Å². The Morgan fingerprint density at radius 1 is 0.727 bits per heavy atom. The smallest absolute Gasteiger partial charge is 0.507 e. The lowest BCUT2D eigenvalue weighted by molar-refractivity contribution is -0.0499. The van der Waals surface area contributed by atoms with E-state index in [1.807, 2.05) is 81.4 Å². The van der Waals surface area contributed by atoms with Crippen LogP contribution in [0.2, 0.25) is 0 Å². The number of phenols is 1. The van der Waals surface area contributed by atoms with Crippen molar-refractivity contribution < 1.29 is 40.2 Å². The number of aromatic hydroxyl groups is 1. The van der Waals surface area contributed by atoms with Crippen molar-refractivity contribution >= 4 is 22.7 Å². The van der Waals surface area contributed by atoms with Gasteiger partial charge in [0.05, 0.1) is 11.2 Å². The number of benzene rings is 3. The van der Waals surface area contributed by atoms with Crippen LogP contribution >= 0.6 is 0 Å². The first-order valence-corrected chi connectivity index (χ1v) is 15.7. The highest BCUT2D eigenvalue weighted by molar-refractivity contribution is 7.88. The van der Waals surface area contributed by atoms with Gasteiger partial charge in [-0.15, -0.1) is 0 Å². The van der Waals surface area contributed by atoms with E-state index in [1.165, 1.54) is 18.2 Å². The van der Waals surface area contributed by atoms with Gasteiger partial charge in [0.25, 0.3) is 0 Å². The molecule has 1 heterocycles. The predicted molar refractivity (Wildman–Crippen MR) is 168 cm³/mol. The summed E-state index contributed by atoms with van der Waals surface area (Å²) in [6.07, 6.45) is 0. The number of alkyl halides is 3. The second-order valence-electron chi connectivity index (χ2n) is 14.3. The summed E-state index contributed by atoms with van der Waals surface area (Å²) in [7, 11) is -6.77. The highest BCUT2D eigenvalue weighted by Gasteiger charge is 2.52. The van der Waals surface area contributed by atoms with Crippen molar-refractivity contribution in [1.82, 2.24) is 0 Å². The van der Waals surface area contributed by atoms with Crippen molar-refractivity contribution in [3.63, 3.8) is 0 Å². The predicted octanol–water partition coefficient (Wildman–Crippen LogP) is 7.85. The molecule has 1 aliphatic rings. The second-order valence-corrected chi connectivity index (χ2v) is 15.9. The van der Waals surface area contributed by atoms with Crippen LogP contribution in [0.5, 0.6) is 11.5 Å². The Labute approximate surface area is 258 Å². The minimum Gasteiger partial charge on any atom is -0.507 e. The Hall–Kier alpha value is -3.02. The van der Waals surface area contributed by atoms with E-state index in [4.69, 9.17) is 9.31 Å². The highest BCUT2D eigenvalue weighted by Crippen LogP contribution is 2.43. The summed E-state index contributed by atoms with van der Waals surface area (Å²) in [6.45, 7) is 19.6. The number of rotatable bonds is 5. The number of hydrogen-bond donors (Lipinski definition) is 1. The molecule has 0 spiro atoms. The molecule has 1 aliphatic heterocycles. The largest absolute Gasteiger partial charge is 0.534 e. The van der Waals surface area contributed by atoms with Gasteiger partial charge in [-0.2, -0.15) is 21.6 Å². The fraction of sp³-hybridized carbons (Fsp3) is 0.455. The molecule has 1 saturated heterocycles. The van der Waals surface area contributed by atoms with Gasteiger partial charge in [0.2, 0.25) is 0 Å². The van der Waals surface area contributed by atoms with Crippen molar-refractivity contribution in [2.24, 2.45) is 0 Å². The Kier molecular flexibility index (Phi) is 8.32. The summed E-state index contributed by atoms with van der Waals surface area (Å²) in [5.74, 6) is -0.234. The third kappa shape index (κ3) is 6.51. The number of phenolic OH excluding ortho intramolecular Hbond substituents is 1. The highest BCUT2D eigenvalue weighted by atomic mass is 32.2. The Balaban J connectivity index is 1.83. The molecule has 3 aromatic rings. The quantitative estimate of drug-likeness (QED) is 0.175. The minimum atomic E-state index is -5.93. The van der Waals surface area contributed by atoms with Crippen molar-refractivity contribution in [3.8, 4) is 33.8 Å². The molecular formula is C33H40BF3O6S. The number of hydrogen-bond acceptors (Lipinski definition) is 6. The van der Waals surface area contributed by atoms with Crippen LogP contribution in [0, 0.1) is 0 Å². The molecule has 4 rings (SSSR count). The first-order valence-electron chi connectivity index (χ1n) is 14.3. The summed E-state index contributed by atoms with van der Waals surface area (Å²) in [6, 6.07) is 15.0. The van der Waals surface area contributed by atoms with E-state index in [-0.39, 0.29) is 22.1 Å². The molecule has 0 unspecified atom stereocenters. The Morgan fingerprint density at radius 2 is 1.18 bits per heavy atom. The van der Waals surface area contributed by atoms with E-state index in [0.717, 1.165) is 22.3 Å². The number of halogens is 3. The van der Waals surface area contributed by atoms with Gasteiger partial charge in [-0.3, -0.25) is 0 Å². The van der Waals surface area contributed by atoms with Gasteiger partial charge in [0.15, 0.2) is 5.75 Å². The maximum absolute atomic E-state index is 13.3. The van der Waals surface area contributed by atoms with E-state index in [0.29, 0.717) is 11.0 Å². The van der Waals surface area contributed by atoms with Crippen molar-refractivity contribution in [2.75, 3.05) is 0 Å². The molecular weight excluding hydrogens is 592 g/mol. The molecule has 1 N–H and O–H groups in total. The fourth-order valence-electron chi connectivity index (χ4n) is 4.92. The molecule has 11 heteroatoms. The molecule has 0 saturated carbocycles. The molecule has 238 valence electrons. The van der Waals surface area contributed by atoms with Gasteiger partial charge >= 0.3 is 22.7 Å². The van der Waals surface area contributed by atoms with Crippen LogP contribution in [0.4, 0.5) is 13.2 Å². The summed E-state index contributed by atoms with van der Waals surface area (Å²) >= 11 is 0. The molecule has 0 amide bonds. The molecule has 0 bridgehead atoms. The lowest BCUT2D eigenvalue weighted by atomic mass is 9.77. The molecule has 44 heavy (non-hydrogen) atoms. The average Bonchev–Trinajstić information content (AvgIpc) is 3.08. The van der Waals surface area contributed by atoms with Crippen LogP contribution in [0.15, 0.2) is 54.6 Å². The van der Waals surface area contributed by atoms with Crippen LogP contribution in [-0.2, 0) is 30.3 Å². The zero-order valence-electron chi connectivity index (χ0n) is 26.8. The minimum absolute atomic E-state index is 0.119. The van der Waals surface area contributed by atoms with E-state index in [2.05, 4.69) is 4.18 Å². The van der Waals surface area contributed by atoms with Crippen molar-refractivity contribution in [3.05, 3.63) is 65.7 Å². The zero-order valence-corrected chi connectivity index (χ0v) is 27.6. The lowest BCUT2D eigenvalue weighted by Crippen LogP contribution is -2.41. The Morgan fingerprint density at radius 3 is 1.61 bits per heavy atom.